The van der Waals surface area contributed by atoms with Crippen molar-refractivity contribution in [2.24, 2.45) is 0 Å². The molecule has 2 amide bonds. The highest BCUT2D eigenvalue weighted by molar-refractivity contribution is 7.92. The van der Waals surface area contributed by atoms with Gasteiger partial charge in [0.1, 0.15) is 12.6 Å². The van der Waals surface area contributed by atoms with Gasteiger partial charge in [-0.15, -0.1) is 0 Å². The Hall–Kier alpha value is -2.00. The van der Waals surface area contributed by atoms with Crippen molar-refractivity contribution in [1.82, 2.24) is 10.2 Å². The van der Waals surface area contributed by atoms with Crippen LogP contribution in [0, 0.1) is 6.92 Å². The summed E-state index contributed by atoms with van der Waals surface area (Å²) >= 11 is 18.9. The third kappa shape index (κ3) is 7.75. The first-order valence-corrected chi connectivity index (χ1v) is 14.5. The standard InChI is InChI=1S/C25H32Cl3N3O4S/c1-6-17(4)29-25(33)22(7-2)30(14-19-20(27)9-8-10-21(19)28)24(32)15-31(36(5,34)35)23-13-18(26)12-11-16(23)3/h8-13,17,22H,6-7,14-15H2,1-5H3,(H,29,33)/t17-,22+/m0/s1. The van der Waals surface area contributed by atoms with Crippen LogP contribution in [-0.2, 0) is 26.2 Å². The third-order valence-electron chi connectivity index (χ3n) is 5.90. The van der Waals surface area contributed by atoms with Gasteiger partial charge >= 0.3 is 0 Å². The molecule has 198 valence electrons. The molecule has 0 bridgehead atoms. The van der Waals surface area contributed by atoms with Gasteiger partial charge in [0, 0.05) is 33.2 Å². The topological polar surface area (TPSA) is 86.8 Å². The maximum absolute atomic E-state index is 13.8. The van der Waals surface area contributed by atoms with Crippen LogP contribution in [0.25, 0.3) is 0 Å². The fraction of sp³-hybridized carbons (Fsp3) is 0.440. The van der Waals surface area contributed by atoms with Crippen molar-refractivity contribution < 1.29 is 18.0 Å². The second-order valence-electron chi connectivity index (χ2n) is 8.66. The van der Waals surface area contributed by atoms with E-state index in [0.717, 1.165) is 10.6 Å². The maximum Gasteiger partial charge on any atom is 0.244 e. The van der Waals surface area contributed by atoms with Gasteiger partial charge in [0.2, 0.25) is 21.8 Å². The Balaban J connectivity index is 2.55. The van der Waals surface area contributed by atoms with E-state index < -0.39 is 28.5 Å². The lowest BCUT2D eigenvalue weighted by atomic mass is 10.1. The molecule has 0 spiro atoms. The number of benzene rings is 2. The smallest absolute Gasteiger partial charge is 0.244 e. The van der Waals surface area contributed by atoms with Gasteiger partial charge in [-0.3, -0.25) is 13.9 Å². The number of halogens is 3. The van der Waals surface area contributed by atoms with Gasteiger partial charge in [0.15, 0.2) is 0 Å². The van der Waals surface area contributed by atoms with Crippen molar-refractivity contribution in [1.29, 1.82) is 0 Å². The summed E-state index contributed by atoms with van der Waals surface area (Å²) in [5.41, 5.74) is 1.37. The number of sulfonamides is 1. The molecule has 0 aliphatic rings. The summed E-state index contributed by atoms with van der Waals surface area (Å²) in [5, 5.41) is 3.92. The molecule has 0 saturated heterocycles. The monoisotopic (exact) mass is 575 g/mol. The average molecular weight is 577 g/mol. The summed E-state index contributed by atoms with van der Waals surface area (Å²) in [6.45, 7) is 6.71. The van der Waals surface area contributed by atoms with Gasteiger partial charge in [-0.1, -0.05) is 60.8 Å². The predicted octanol–water partition coefficient (Wildman–Crippen LogP) is 5.44. The van der Waals surface area contributed by atoms with Gasteiger partial charge in [-0.2, -0.15) is 0 Å². The lowest BCUT2D eigenvalue weighted by molar-refractivity contribution is -0.140. The minimum Gasteiger partial charge on any atom is -0.352 e. The largest absolute Gasteiger partial charge is 0.352 e. The lowest BCUT2D eigenvalue weighted by Crippen LogP contribution is -2.53. The molecule has 7 nitrogen and oxygen atoms in total. The molecule has 11 heteroatoms. The van der Waals surface area contributed by atoms with Crippen molar-refractivity contribution in [2.75, 3.05) is 17.1 Å². The number of carbonyl (C=O) groups is 2. The number of hydrogen-bond donors (Lipinski definition) is 1. The summed E-state index contributed by atoms with van der Waals surface area (Å²) in [7, 11) is -3.88. The highest BCUT2D eigenvalue weighted by atomic mass is 35.5. The maximum atomic E-state index is 13.8. The zero-order valence-corrected chi connectivity index (χ0v) is 24.1. The highest BCUT2D eigenvalue weighted by Gasteiger charge is 2.33. The van der Waals surface area contributed by atoms with Crippen LogP contribution >= 0.6 is 34.8 Å². The van der Waals surface area contributed by atoms with Crippen molar-refractivity contribution >= 4 is 62.3 Å². The van der Waals surface area contributed by atoms with E-state index in [1.807, 2.05) is 13.8 Å². The molecule has 0 saturated carbocycles. The summed E-state index contributed by atoms with van der Waals surface area (Å²) in [6.07, 6.45) is 2.02. The summed E-state index contributed by atoms with van der Waals surface area (Å²) in [5.74, 6) is -0.921. The molecule has 1 N–H and O–H groups in total. The van der Waals surface area contributed by atoms with Crippen LogP contribution in [0.4, 0.5) is 5.69 Å². The number of nitrogens with one attached hydrogen (secondary N) is 1. The lowest BCUT2D eigenvalue weighted by Gasteiger charge is -2.34. The third-order valence-corrected chi connectivity index (χ3v) is 7.97. The second kappa shape index (κ2) is 13.0. The van der Waals surface area contributed by atoms with Gasteiger partial charge in [0.05, 0.1) is 11.9 Å². The van der Waals surface area contributed by atoms with Crippen LogP contribution in [0.3, 0.4) is 0 Å². The number of nitrogens with zero attached hydrogens (tertiary/aromatic N) is 2. The number of hydrogen-bond acceptors (Lipinski definition) is 4. The Morgan fingerprint density at radius 2 is 1.64 bits per heavy atom. The van der Waals surface area contributed by atoms with Crippen LogP contribution in [0.2, 0.25) is 15.1 Å². The normalized spacial score (nSPS) is 13.1. The summed E-state index contributed by atoms with van der Waals surface area (Å²) in [6, 6.07) is 8.80. The van der Waals surface area contributed by atoms with E-state index in [0.29, 0.717) is 39.0 Å². The van der Waals surface area contributed by atoms with Crippen molar-refractivity contribution in [3.8, 4) is 0 Å². The van der Waals surface area contributed by atoms with Crippen LogP contribution in [0.1, 0.15) is 44.7 Å². The molecule has 0 radical (unpaired) electrons. The quantitative estimate of drug-likeness (QED) is 0.386. The molecule has 0 unspecified atom stereocenters. The second-order valence-corrected chi connectivity index (χ2v) is 11.8. The molecule has 2 aromatic carbocycles. The van der Waals surface area contributed by atoms with Crippen molar-refractivity contribution in [3.63, 3.8) is 0 Å². The molecular weight excluding hydrogens is 545 g/mol. The highest BCUT2D eigenvalue weighted by Crippen LogP contribution is 2.29. The fourth-order valence-electron chi connectivity index (χ4n) is 3.66. The van der Waals surface area contributed by atoms with Crippen LogP contribution in [0.5, 0.6) is 0 Å². The van der Waals surface area contributed by atoms with E-state index in [4.69, 9.17) is 34.8 Å². The van der Waals surface area contributed by atoms with E-state index in [1.54, 1.807) is 44.2 Å². The van der Waals surface area contributed by atoms with Crippen LogP contribution in [0.15, 0.2) is 36.4 Å². The molecule has 36 heavy (non-hydrogen) atoms. The minimum atomic E-state index is -3.88. The number of aryl methyl sites for hydroxylation is 1. The molecule has 0 aliphatic heterocycles. The number of amides is 2. The molecular formula is C25H32Cl3N3O4S. The first kappa shape index (κ1) is 30.2. The Morgan fingerprint density at radius 1 is 1.03 bits per heavy atom. The Labute approximate surface area is 228 Å². The predicted molar refractivity (Wildman–Crippen MR) is 147 cm³/mol. The fourth-order valence-corrected chi connectivity index (χ4v) is 5.24. The first-order valence-electron chi connectivity index (χ1n) is 11.6. The number of anilines is 1. The molecule has 0 fully saturated rings. The van der Waals surface area contributed by atoms with E-state index >= 15 is 0 Å². The zero-order valence-electron chi connectivity index (χ0n) is 21.0. The Kier molecular flexibility index (Phi) is 10.9. The molecule has 0 aromatic heterocycles. The van der Waals surface area contributed by atoms with Crippen LogP contribution < -0.4 is 9.62 Å². The summed E-state index contributed by atoms with van der Waals surface area (Å²) < 4.78 is 26.5. The van der Waals surface area contributed by atoms with Crippen LogP contribution in [-0.4, -0.2) is 50.0 Å². The van der Waals surface area contributed by atoms with E-state index in [2.05, 4.69) is 5.32 Å². The van der Waals surface area contributed by atoms with Crippen molar-refractivity contribution in [2.45, 2.75) is 59.2 Å². The van der Waals surface area contributed by atoms with E-state index in [1.165, 1.54) is 11.0 Å². The Morgan fingerprint density at radius 3 is 2.17 bits per heavy atom. The average Bonchev–Trinajstić information content (AvgIpc) is 2.79. The van der Waals surface area contributed by atoms with E-state index in [-0.39, 0.29) is 24.2 Å². The molecule has 2 aromatic rings. The van der Waals surface area contributed by atoms with Gasteiger partial charge in [0.25, 0.3) is 0 Å². The van der Waals surface area contributed by atoms with E-state index in [9.17, 15) is 18.0 Å². The van der Waals surface area contributed by atoms with Gasteiger partial charge in [-0.25, -0.2) is 8.42 Å². The summed E-state index contributed by atoms with van der Waals surface area (Å²) in [4.78, 5) is 28.3. The molecule has 0 aliphatic carbocycles. The molecule has 0 heterocycles. The Bertz CT molecular complexity index is 1190. The van der Waals surface area contributed by atoms with Gasteiger partial charge < -0.3 is 10.2 Å². The first-order chi connectivity index (χ1) is 16.8. The van der Waals surface area contributed by atoms with Crippen molar-refractivity contribution in [3.05, 3.63) is 62.6 Å². The molecule has 2 atom stereocenters. The number of carbonyl (C=O) groups excluding carboxylic acids is 2. The number of rotatable bonds is 11. The minimum absolute atomic E-state index is 0.0735. The SMILES string of the molecule is CC[C@H](C(=O)N[C@@H](C)CC)N(Cc1c(Cl)cccc1Cl)C(=O)CN(c1cc(Cl)ccc1C)S(C)(=O)=O. The molecule has 2 rings (SSSR count). The van der Waals surface area contributed by atoms with Gasteiger partial charge in [-0.05, 0) is 56.5 Å². The zero-order chi connectivity index (χ0) is 27.2.